The minimum absolute atomic E-state index is 0.102. The highest BCUT2D eigenvalue weighted by molar-refractivity contribution is 5.01. The van der Waals surface area contributed by atoms with Gasteiger partial charge in [0, 0.05) is 6.04 Å². The average Bonchev–Trinajstić information content (AvgIpc) is 1.68. The monoisotopic (exact) mass is 111 g/mol. The van der Waals surface area contributed by atoms with Crippen molar-refractivity contribution in [1.29, 1.82) is 0 Å². The molecule has 0 radical (unpaired) electrons. The summed E-state index contributed by atoms with van der Waals surface area (Å²) in [7, 11) is 0. The van der Waals surface area contributed by atoms with Crippen molar-refractivity contribution < 1.29 is 0 Å². The van der Waals surface area contributed by atoms with Crippen molar-refractivity contribution in [2.24, 2.45) is 5.73 Å². The quantitative estimate of drug-likeness (QED) is 0.536. The molecule has 0 aromatic rings. The number of hydrogen-bond donors (Lipinski definition) is 1. The first kappa shape index (κ1) is 7.44. The van der Waals surface area contributed by atoms with Crippen molar-refractivity contribution in [3.05, 3.63) is 24.3 Å². The maximum Gasteiger partial charge on any atom is 0.0410 e. The van der Waals surface area contributed by atoms with Gasteiger partial charge in [-0.15, -0.1) is 0 Å². The Labute approximate surface area is 50.9 Å². The molecular formula is C7H13N. The lowest BCUT2D eigenvalue weighted by Crippen LogP contribution is -2.12. The van der Waals surface area contributed by atoms with Gasteiger partial charge in [0.25, 0.3) is 0 Å². The molecule has 8 heavy (non-hydrogen) atoms. The second-order valence-electron chi connectivity index (χ2n) is 1.63. The van der Waals surface area contributed by atoms with Gasteiger partial charge < -0.3 is 5.73 Å². The summed E-state index contributed by atoms with van der Waals surface area (Å²) < 4.78 is 0. The first-order chi connectivity index (χ1) is 3.81. The van der Waals surface area contributed by atoms with Crippen LogP contribution in [0.1, 0.15) is 13.8 Å². The molecular weight excluding hydrogens is 98.1 g/mol. The van der Waals surface area contributed by atoms with Gasteiger partial charge in [-0.3, -0.25) is 0 Å². The summed E-state index contributed by atoms with van der Waals surface area (Å²) in [4.78, 5) is 0. The molecule has 0 spiro atoms. The van der Waals surface area contributed by atoms with Crippen molar-refractivity contribution in [2.45, 2.75) is 19.9 Å². The molecule has 0 aliphatic heterocycles. The van der Waals surface area contributed by atoms with Crippen molar-refractivity contribution in [3.8, 4) is 0 Å². The highest BCUT2D eigenvalue weighted by Gasteiger charge is 1.82. The van der Waals surface area contributed by atoms with E-state index in [1.165, 1.54) is 0 Å². The third kappa shape index (κ3) is 3.62. The molecule has 0 aliphatic carbocycles. The van der Waals surface area contributed by atoms with Crippen molar-refractivity contribution in [3.63, 3.8) is 0 Å². The smallest absolute Gasteiger partial charge is 0.0410 e. The van der Waals surface area contributed by atoms with Gasteiger partial charge in [-0.05, 0) is 13.8 Å². The Kier molecular flexibility index (Phi) is 4.27. The summed E-state index contributed by atoms with van der Waals surface area (Å²) in [5, 5.41) is 0. The van der Waals surface area contributed by atoms with E-state index in [-0.39, 0.29) is 6.04 Å². The highest BCUT2D eigenvalue weighted by atomic mass is 14.6. The third-order valence-electron chi connectivity index (χ3n) is 0.829. The second kappa shape index (κ2) is 4.60. The molecule has 0 rings (SSSR count). The molecule has 46 valence electrons. The van der Waals surface area contributed by atoms with E-state index in [2.05, 4.69) is 0 Å². The Hall–Kier alpha value is -0.560. The van der Waals surface area contributed by atoms with Gasteiger partial charge in [0.15, 0.2) is 0 Å². The molecule has 0 aromatic carbocycles. The zero-order valence-electron chi connectivity index (χ0n) is 5.46. The standard InChI is InChI=1S/C7H13N/c1-3-5-7(8)6-4-2/h3-7H,8H2,1-2H3/b5-3+,6-4+. The zero-order chi connectivity index (χ0) is 6.41. The molecule has 0 heterocycles. The van der Waals surface area contributed by atoms with Crippen LogP contribution in [0.2, 0.25) is 0 Å². The van der Waals surface area contributed by atoms with Gasteiger partial charge >= 0.3 is 0 Å². The number of allylic oxidation sites excluding steroid dienone is 2. The van der Waals surface area contributed by atoms with Gasteiger partial charge in [-0.2, -0.15) is 0 Å². The lowest BCUT2D eigenvalue weighted by molar-refractivity contribution is 1.02. The topological polar surface area (TPSA) is 26.0 Å². The normalized spacial score (nSPS) is 12.5. The number of nitrogens with two attached hydrogens (primary N) is 1. The van der Waals surface area contributed by atoms with Crippen LogP contribution in [-0.4, -0.2) is 6.04 Å². The molecule has 0 fully saturated rings. The molecule has 0 bridgehead atoms. The van der Waals surface area contributed by atoms with E-state index in [4.69, 9.17) is 5.73 Å². The van der Waals surface area contributed by atoms with Crippen molar-refractivity contribution in [1.82, 2.24) is 0 Å². The number of rotatable bonds is 2. The summed E-state index contributed by atoms with van der Waals surface area (Å²) in [6.07, 6.45) is 7.79. The lowest BCUT2D eigenvalue weighted by atomic mass is 10.3. The lowest BCUT2D eigenvalue weighted by Gasteiger charge is -1.93. The first-order valence-corrected chi connectivity index (χ1v) is 2.82. The van der Waals surface area contributed by atoms with Crippen molar-refractivity contribution in [2.75, 3.05) is 0 Å². The van der Waals surface area contributed by atoms with Gasteiger partial charge in [0.05, 0.1) is 0 Å². The first-order valence-electron chi connectivity index (χ1n) is 2.82. The van der Waals surface area contributed by atoms with Crippen molar-refractivity contribution >= 4 is 0 Å². The van der Waals surface area contributed by atoms with E-state index in [9.17, 15) is 0 Å². The van der Waals surface area contributed by atoms with Gasteiger partial charge in [-0.1, -0.05) is 24.3 Å². The molecule has 2 N–H and O–H groups in total. The Balaban J connectivity index is 3.47. The second-order valence-corrected chi connectivity index (χ2v) is 1.63. The molecule has 0 saturated carbocycles. The zero-order valence-corrected chi connectivity index (χ0v) is 5.46. The highest BCUT2D eigenvalue weighted by Crippen LogP contribution is 1.82. The van der Waals surface area contributed by atoms with E-state index in [0.29, 0.717) is 0 Å². The van der Waals surface area contributed by atoms with E-state index in [1.807, 2.05) is 38.2 Å². The summed E-state index contributed by atoms with van der Waals surface area (Å²) >= 11 is 0. The molecule has 1 heteroatoms. The molecule has 0 atom stereocenters. The summed E-state index contributed by atoms with van der Waals surface area (Å²) in [6.45, 7) is 3.92. The fourth-order valence-corrected chi connectivity index (χ4v) is 0.509. The van der Waals surface area contributed by atoms with Crippen LogP contribution >= 0.6 is 0 Å². The number of hydrogen-bond acceptors (Lipinski definition) is 1. The van der Waals surface area contributed by atoms with Crippen LogP contribution in [0.15, 0.2) is 24.3 Å². The maximum absolute atomic E-state index is 5.52. The third-order valence-corrected chi connectivity index (χ3v) is 0.829. The molecule has 0 saturated heterocycles. The minimum atomic E-state index is 0.102. The fourth-order valence-electron chi connectivity index (χ4n) is 0.509. The fraction of sp³-hybridized carbons (Fsp3) is 0.429. The largest absolute Gasteiger partial charge is 0.321 e. The van der Waals surface area contributed by atoms with Crippen LogP contribution in [0.25, 0.3) is 0 Å². The van der Waals surface area contributed by atoms with Crippen LogP contribution in [0.5, 0.6) is 0 Å². The van der Waals surface area contributed by atoms with Crippen LogP contribution in [0.3, 0.4) is 0 Å². The Bertz CT molecular complexity index is 80.6. The predicted molar refractivity (Wildman–Crippen MR) is 37.6 cm³/mol. The van der Waals surface area contributed by atoms with E-state index in [0.717, 1.165) is 0 Å². The van der Waals surface area contributed by atoms with Crippen LogP contribution < -0.4 is 5.73 Å². The summed E-state index contributed by atoms with van der Waals surface area (Å²) in [5.41, 5.74) is 5.52. The SMILES string of the molecule is C/C=C/C(N)/C=C/C. The van der Waals surface area contributed by atoms with E-state index in [1.54, 1.807) is 0 Å². The maximum atomic E-state index is 5.52. The van der Waals surface area contributed by atoms with Gasteiger partial charge in [0.1, 0.15) is 0 Å². The molecule has 0 amide bonds. The predicted octanol–water partition coefficient (Wildman–Crippen LogP) is 1.47. The Morgan fingerprint density at radius 1 is 1.12 bits per heavy atom. The van der Waals surface area contributed by atoms with Crippen LogP contribution in [-0.2, 0) is 0 Å². The van der Waals surface area contributed by atoms with Gasteiger partial charge in [0.2, 0.25) is 0 Å². The molecule has 1 nitrogen and oxygen atoms in total. The molecule has 0 aliphatic rings. The van der Waals surface area contributed by atoms with E-state index < -0.39 is 0 Å². The Morgan fingerprint density at radius 3 is 1.75 bits per heavy atom. The van der Waals surface area contributed by atoms with Gasteiger partial charge in [-0.25, -0.2) is 0 Å². The summed E-state index contributed by atoms with van der Waals surface area (Å²) in [5.74, 6) is 0. The van der Waals surface area contributed by atoms with E-state index >= 15 is 0 Å². The van der Waals surface area contributed by atoms with Crippen LogP contribution in [0.4, 0.5) is 0 Å². The Morgan fingerprint density at radius 2 is 1.50 bits per heavy atom. The average molecular weight is 111 g/mol. The molecule has 0 aromatic heterocycles. The summed E-state index contributed by atoms with van der Waals surface area (Å²) in [6, 6.07) is 0.102. The van der Waals surface area contributed by atoms with Crippen LogP contribution in [0, 0.1) is 0 Å². The minimum Gasteiger partial charge on any atom is -0.321 e. The molecule has 0 unspecified atom stereocenters.